The molecule has 31 heavy (non-hydrogen) atoms. The third kappa shape index (κ3) is 5.63. The summed E-state index contributed by atoms with van der Waals surface area (Å²) in [7, 11) is 0. The first kappa shape index (κ1) is 22.8. The fourth-order valence-electron chi connectivity index (χ4n) is 3.23. The standard InChI is InChI=1S/C19H19FN4O4S.C2H6/c20-13-6-5-12(14(11-13)28-19(27)23-7-1-2-8-23)10-15-17(26)21-18(29-15)24-9-3-4-16(25)22-24;1-2/h5-6,10-11H,1-4,7-9H2,(H,22,25);1-2H3/b15-10-;. The number of carbonyl (C=O) groups excluding carboxylic acids is 3. The van der Waals surface area contributed by atoms with Gasteiger partial charge in [0.05, 0.1) is 4.91 Å². The summed E-state index contributed by atoms with van der Waals surface area (Å²) in [5, 5.41) is 1.93. The number of likely N-dealkylation sites (tertiary alicyclic amines) is 1. The van der Waals surface area contributed by atoms with Crippen LogP contribution in [-0.4, -0.2) is 52.6 Å². The van der Waals surface area contributed by atoms with Crippen molar-refractivity contribution < 1.29 is 23.5 Å². The Bertz CT molecular complexity index is 928. The van der Waals surface area contributed by atoms with Gasteiger partial charge in [-0.25, -0.2) is 9.18 Å². The van der Waals surface area contributed by atoms with Crippen LogP contribution in [0.5, 0.6) is 5.75 Å². The summed E-state index contributed by atoms with van der Waals surface area (Å²) in [6, 6.07) is 3.80. The Labute approximate surface area is 184 Å². The topological polar surface area (TPSA) is 91.3 Å². The van der Waals surface area contributed by atoms with Gasteiger partial charge >= 0.3 is 6.09 Å². The molecule has 3 amide bonds. The highest BCUT2D eigenvalue weighted by atomic mass is 32.2. The molecule has 1 aromatic rings. The number of nitrogens with zero attached hydrogens (tertiary/aromatic N) is 3. The van der Waals surface area contributed by atoms with Crippen molar-refractivity contribution in [1.29, 1.82) is 0 Å². The number of thioether (sulfide) groups is 1. The van der Waals surface area contributed by atoms with E-state index in [4.69, 9.17) is 4.74 Å². The normalized spacial score (nSPS) is 19.7. The van der Waals surface area contributed by atoms with Gasteiger partial charge in [-0.15, -0.1) is 0 Å². The van der Waals surface area contributed by atoms with E-state index in [9.17, 15) is 18.8 Å². The van der Waals surface area contributed by atoms with Gasteiger partial charge in [0.1, 0.15) is 11.6 Å². The number of ether oxygens (including phenoxy) is 1. The highest BCUT2D eigenvalue weighted by Crippen LogP contribution is 2.33. The van der Waals surface area contributed by atoms with Crippen molar-refractivity contribution in [2.24, 2.45) is 4.99 Å². The molecule has 166 valence electrons. The average Bonchev–Trinajstić information content (AvgIpc) is 3.42. The van der Waals surface area contributed by atoms with E-state index in [0.29, 0.717) is 48.1 Å². The number of benzene rings is 1. The minimum absolute atomic E-state index is 0.0440. The van der Waals surface area contributed by atoms with Gasteiger partial charge in [0.25, 0.3) is 5.91 Å². The largest absolute Gasteiger partial charge is 0.415 e. The minimum atomic E-state index is -0.547. The van der Waals surface area contributed by atoms with Crippen LogP contribution < -0.4 is 10.2 Å². The molecular weight excluding hydrogens is 423 g/mol. The second-order valence-corrected chi connectivity index (χ2v) is 7.85. The fourth-order valence-corrected chi connectivity index (χ4v) is 4.12. The van der Waals surface area contributed by atoms with E-state index in [2.05, 4.69) is 10.4 Å². The fraction of sp³-hybridized carbons (Fsp3) is 0.429. The van der Waals surface area contributed by atoms with Crippen LogP contribution in [0.4, 0.5) is 9.18 Å². The molecule has 0 radical (unpaired) electrons. The molecule has 2 saturated heterocycles. The maximum absolute atomic E-state index is 13.7. The molecule has 0 saturated carbocycles. The molecule has 0 bridgehead atoms. The molecule has 3 aliphatic heterocycles. The Morgan fingerprint density at radius 3 is 2.65 bits per heavy atom. The quantitative estimate of drug-likeness (QED) is 0.696. The molecular formula is C21H25FN4O4S. The summed E-state index contributed by atoms with van der Waals surface area (Å²) in [6.07, 6.45) is 3.91. The lowest BCUT2D eigenvalue weighted by Gasteiger charge is -2.27. The van der Waals surface area contributed by atoms with Gasteiger partial charge in [-0.05, 0) is 49.2 Å². The first-order valence-corrected chi connectivity index (χ1v) is 11.2. The van der Waals surface area contributed by atoms with E-state index in [1.165, 1.54) is 18.2 Å². The highest BCUT2D eigenvalue weighted by molar-refractivity contribution is 8.18. The first-order chi connectivity index (χ1) is 15.0. The number of nitrogens with one attached hydrogen (secondary N) is 1. The van der Waals surface area contributed by atoms with Crippen LogP contribution in [0.1, 0.15) is 45.1 Å². The third-order valence-corrected chi connectivity index (χ3v) is 5.72. The Hall–Kier alpha value is -2.88. The highest BCUT2D eigenvalue weighted by Gasteiger charge is 2.29. The molecule has 3 heterocycles. The predicted molar refractivity (Wildman–Crippen MR) is 117 cm³/mol. The molecule has 0 unspecified atom stereocenters. The Morgan fingerprint density at radius 2 is 1.94 bits per heavy atom. The van der Waals surface area contributed by atoms with Gasteiger partial charge in [-0.3, -0.25) is 20.0 Å². The number of amidine groups is 1. The number of hydrazine groups is 1. The van der Waals surface area contributed by atoms with E-state index in [1.54, 1.807) is 9.91 Å². The van der Waals surface area contributed by atoms with E-state index in [1.807, 2.05) is 13.8 Å². The number of carbonyl (C=O) groups is 3. The Balaban J connectivity index is 0.00000132. The maximum Gasteiger partial charge on any atom is 0.415 e. The molecule has 3 aliphatic rings. The number of rotatable bonds is 2. The SMILES string of the molecule is CC.O=C1CCCN(C2=NC(=O)/C(=C/c3ccc(F)cc3OC(=O)N3CCCC3)S2)N1. The number of hydrogen-bond donors (Lipinski definition) is 1. The Morgan fingerprint density at radius 1 is 1.19 bits per heavy atom. The summed E-state index contributed by atoms with van der Waals surface area (Å²) in [6.45, 7) is 5.78. The molecule has 1 N–H and O–H groups in total. The lowest BCUT2D eigenvalue weighted by molar-refractivity contribution is -0.126. The van der Waals surface area contributed by atoms with Crippen molar-refractivity contribution in [3.8, 4) is 5.75 Å². The van der Waals surface area contributed by atoms with Crippen LogP contribution in [0.2, 0.25) is 0 Å². The van der Waals surface area contributed by atoms with E-state index < -0.39 is 17.8 Å². The van der Waals surface area contributed by atoms with Crippen LogP contribution in [-0.2, 0) is 9.59 Å². The van der Waals surface area contributed by atoms with Crippen LogP contribution in [0, 0.1) is 5.82 Å². The molecule has 10 heteroatoms. The molecule has 4 rings (SSSR count). The van der Waals surface area contributed by atoms with Crippen molar-refractivity contribution in [3.05, 3.63) is 34.5 Å². The van der Waals surface area contributed by atoms with Crippen molar-refractivity contribution in [3.63, 3.8) is 0 Å². The predicted octanol–water partition coefficient (Wildman–Crippen LogP) is 3.54. The number of halogens is 1. The van der Waals surface area contributed by atoms with E-state index >= 15 is 0 Å². The van der Waals surface area contributed by atoms with Crippen LogP contribution in [0.3, 0.4) is 0 Å². The molecule has 0 aliphatic carbocycles. The molecule has 0 aromatic heterocycles. The number of amides is 3. The monoisotopic (exact) mass is 448 g/mol. The summed E-state index contributed by atoms with van der Waals surface area (Å²) in [5.74, 6) is -1.10. The molecule has 0 atom stereocenters. The zero-order chi connectivity index (χ0) is 22.4. The third-order valence-electron chi connectivity index (χ3n) is 4.71. The number of hydrogen-bond acceptors (Lipinski definition) is 6. The van der Waals surface area contributed by atoms with Crippen LogP contribution in [0.25, 0.3) is 6.08 Å². The smallest absolute Gasteiger partial charge is 0.409 e. The average molecular weight is 449 g/mol. The van der Waals surface area contributed by atoms with E-state index in [0.717, 1.165) is 30.7 Å². The summed E-state index contributed by atoms with van der Waals surface area (Å²) in [5.41, 5.74) is 3.08. The zero-order valence-corrected chi connectivity index (χ0v) is 18.3. The maximum atomic E-state index is 13.7. The molecule has 1 aromatic carbocycles. The van der Waals surface area contributed by atoms with Gasteiger partial charge in [0.2, 0.25) is 5.91 Å². The van der Waals surface area contributed by atoms with E-state index in [-0.39, 0.29) is 11.7 Å². The summed E-state index contributed by atoms with van der Waals surface area (Å²) >= 11 is 1.11. The molecule has 8 nitrogen and oxygen atoms in total. The lowest BCUT2D eigenvalue weighted by atomic mass is 10.2. The van der Waals surface area contributed by atoms with Gasteiger partial charge in [0, 0.05) is 37.7 Å². The van der Waals surface area contributed by atoms with Crippen molar-refractivity contribution in [2.75, 3.05) is 19.6 Å². The van der Waals surface area contributed by atoms with Crippen LogP contribution in [0.15, 0.2) is 28.1 Å². The minimum Gasteiger partial charge on any atom is -0.409 e. The van der Waals surface area contributed by atoms with Crippen molar-refractivity contribution in [2.45, 2.75) is 39.5 Å². The first-order valence-electron chi connectivity index (χ1n) is 10.4. The summed E-state index contributed by atoms with van der Waals surface area (Å²) < 4.78 is 19.1. The van der Waals surface area contributed by atoms with Crippen molar-refractivity contribution in [1.82, 2.24) is 15.3 Å². The Kier molecular flexibility index (Phi) is 7.67. The molecule has 0 spiro atoms. The zero-order valence-electron chi connectivity index (χ0n) is 17.5. The van der Waals surface area contributed by atoms with Gasteiger partial charge in [-0.1, -0.05) is 13.8 Å². The van der Waals surface area contributed by atoms with Crippen molar-refractivity contribution >= 4 is 40.9 Å². The van der Waals surface area contributed by atoms with Gasteiger partial charge in [-0.2, -0.15) is 4.99 Å². The molecule has 2 fully saturated rings. The van der Waals surface area contributed by atoms with Gasteiger partial charge < -0.3 is 9.64 Å². The second kappa shape index (κ2) is 10.4. The van der Waals surface area contributed by atoms with Gasteiger partial charge in [0.15, 0.2) is 5.17 Å². The van der Waals surface area contributed by atoms with Crippen LogP contribution >= 0.6 is 11.8 Å². The summed E-state index contributed by atoms with van der Waals surface area (Å²) in [4.78, 5) is 42.0. The lowest BCUT2D eigenvalue weighted by Crippen LogP contribution is -2.48. The second-order valence-electron chi connectivity index (χ2n) is 6.84. The number of aliphatic imine (C=N–C) groups is 1.